The molecule has 2 aromatic heterocycles. The van der Waals surface area contributed by atoms with Crippen LogP contribution < -0.4 is 11.1 Å². The summed E-state index contributed by atoms with van der Waals surface area (Å²) in [6, 6.07) is 0. The number of halogens is 1. The lowest BCUT2D eigenvalue weighted by Gasteiger charge is -2.04. The number of aromatic nitrogens is 4. The van der Waals surface area contributed by atoms with Crippen LogP contribution in [-0.4, -0.2) is 39.5 Å². The highest BCUT2D eigenvalue weighted by Gasteiger charge is 2.12. The summed E-state index contributed by atoms with van der Waals surface area (Å²) in [7, 11) is 1.53. The fraction of sp³-hybridized carbons (Fsp3) is 0.455. The van der Waals surface area contributed by atoms with Crippen molar-refractivity contribution < 1.29 is 9.53 Å². The van der Waals surface area contributed by atoms with Gasteiger partial charge in [-0.15, -0.1) is 0 Å². The molecule has 0 bridgehead atoms. The average Bonchev–Trinajstić information content (AvgIpc) is 2.76. The third-order valence-corrected chi connectivity index (χ3v) is 3.47. The SMILES string of the molecule is CNC(=O)OCCCCn1nc(I)c2c(N)ncnc21. The van der Waals surface area contributed by atoms with E-state index in [9.17, 15) is 4.79 Å². The van der Waals surface area contributed by atoms with Crippen molar-refractivity contribution in [1.29, 1.82) is 0 Å². The maximum absolute atomic E-state index is 10.9. The van der Waals surface area contributed by atoms with Crippen LogP contribution in [0.5, 0.6) is 0 Å². The Balaban J connectivity index is 1.94. The number of amides is 1. The first-order valence-corrected chi connectivity index (χ1v) is 7.18. The fourth-order valence-electron chi connectivity index (χ4n) is 1.74. The molecule has 0 saturated carbocycles. The second-order valence-corrected chi connectivity index (χ2v) is 5.09. The van der Waals surface area contributed by atoms with Gasteiger partial charge < -0.3 is 15.8 Å². The van der Waals surface area contributed by atoms with Gasteiger partial charge >= 0.3 is 6.09 Å². The zero-order valence-electron chi connectivity index (χ0n) is 11.0. The Bertz CT molecular complexity index is 614. The summed E-state index contributed by atoms with van der Waals surface area (Å²) in [5.74, 6) is 0.439. The van der Waals surface area contributed by atoms with Crippen LogP contribution in [0, 0.1) is 3.70 Å². The van der Waals surface area contributed by atoms with Crippen LogP contribution in [0.25, 0.3) is 11.0 Å². The third kappa shape index (κ3) is 3.26. The normalized spacial score (nSPS) is 10.7. The van der Waals surface area contributed by atoms with Crippen molar-refractivity contribution in [2.45, 2.75) is 19.4 Å². The number of rotatable bonds is 5. The fourth-order valence-corrected chi connectivity index (χ4v) is 2.52. The zero-order valence-corrected chi connectivity index (χ0v) is 13.1. The number of carbonyl (C=O) groups excluding carboxylic acids is 1. The molecule has 20 heavy (non-hydrogen) atoms. The van der Waals surface area contributed by atoms with Crippen LogP contribution >= 0.6 is 22.6 Å². The number of ether oxygens (including phenoxy) is 1. The lowest BCUT2D eigenvalue weighted by molar-refractivity contribution is 0.146. The average molecular weight is 390 g/mol. The smallest absolute Gasteiger partial charge is 0.406 e. The van der Waals surface area contributed by atoms with E-state index in [1.807, 2.05) is 0 Å². The first-order valence-electron chi connectivity index (χ1n) is 6.10. The van der Waals surface area contributed by atoms with Gasteiger partial charge in [0.05, 0.1) is 12.0 Å². The Labute approximate surface area is 129 Å². The minimum Gasteiger partial charge on any atom is -0.450 e. The Morgan fingerprint density at radius 2 is 2.30 bits per heavy atom. The van der Waals surface area contributed by atoms with E-state index in [2.05, 4.69) is 43.0 Å². The number of hydrogen-bond acceptors (Lipinski definition) is 6. The lowest BCUT2D eigenvalue weighted by atomic mass is 10.3. The van der Waals surface area contributed by atoms with Crippen molar-refractivity contribution in [2.24, 2.45) is 0 Å². The van der Waals surface area contributed by atoms with Crippen LogP contribution in [0.4, 0.5) is 10.6 Å². The van der Waals surface area contributed by atoms with Crippen molar-refractivity contribution in [2.75, 3.05) is 19.4 Å². The van der Waals surface area contributed by atoms with Gasteiger partial charge in [0.1, 0.15) is 15.8 Å². The summed E-state index contributed by atoms with van der Waals surface area (Å²) in [6.07, 6.45) is 2.60. The predicted molar refractivity (Wildman–Crippen MR) is 82.1 cm³/mol. The number of nitrogens with two attached hydrogens (primary N) is 1. The summed E-state index contributed by atoms with van der Waals surface area (Å²) in [5.41, 5.74) is 6.55. The maximum atomic E-state index is 10.9. The molecule has 108 valence electrons. The molecule has 0 spiro atoms. The van der Waals surface area contributed by atoms with Gasteiger partial charge in [-0.2, -0.15) is 5.10 Å². The Morgan fingerprint density at radius 3 is 3.05 bits per heavy atom. The Morgan fingerprint density at radius 1 is 1.50 bits per heavy atom. The minimum atomic E-state index is -0.412. The topological polar surface area (TPSA) is 108 Å². The van der Waals surface area contributed by atoms with Crippen LogP contribution in [-0.2, 0) is 11.3 Å². The standard InChI is InChI=1S/C11H15IN6O2/c1-14-11(19)20-5-3-2-4-18-10-7(8(12)17-18)9(13)15-6-16-10/h6H,2-5H2,1H3,(H,14,19)(H2,13,15,16). The van der Waals surface area contributed by atoms with E-state index < -0.39 is 6.09 Å². The Hall–Kier alpha value is -1.65. The minimum absolute atomic E-state index is 0.382. The zero-order chi connectivity index (χ0) is 14.5. The number of unbranched alkanes of at least 4 members (excludes halogenated alkanes) is 1. The number of nitrogens with one attached hydrogen (secondary N) is 1. The van der Waals surface area contributed by atoms with Gasteiger partial charge in [0.15, 0.2) is 5.65 Å². The number of fused-ring (bicyclic) bond motifs is 1. The quantitative estimate of drug-likeness (QED) is 0.586. The van der Waals surface area contributed by atoms with Crippen molar-refractivity contribution in [3.63, 3.8) is 0 Å². The van der Waals surface area contributed by atoms with Gasteiger partial charge in [0.25, 0.3) is 0 Å². The number of nitrogen functional groups attached to an aromatic ring is 1. The highest BCUT2D eigenvalue weighted by molar-refractivity contribution is 14.1. The molecule has 0 aliphatic rings. The highest BCUT2D eigenvalue weighted by Crippen LogP contribution is 2.22. The maximum Gasteiger partial charge on any atom is 0.406 e. The van der Waals surface area contributed by atoms with Crippen LogP contribution in [0.3, 0.4) is 0 Å². The molecule has 0 saturated heterocycles. The monoisotopic (exact) mass is 390 g/mol. The number of anilines is 1. The summed E-state index contributed by atoms with van der Waals surface area (Å²) >= 11 is 2.12. The van der Waals surface area contributed by atoms with E-state index in [1.165, 1.54) is 13.4 Å². The van der Waals surface area contributed by atoms with Crippen molar-refractivity contribution in [3.8, 4) is 0 Å². The number of nitrogens with zero attached hydrogens (tertiary/aromatic N) is 4. The molecular weight excluding hydrogens is 375 g/mol. The van der Waals surface area contributed by atoms with E-state index in [0.717, 1.165) is 27.6 Å². The molecule has 1 amide bonds. The number of carbonyl (C=O) groups is 1. The van der Waals surface area contributed by atoms with Crippen molar-refractivity contribution in [1.82, 2.24) is 25.1 Å². The van der Waals surface area contributed by atoms with Gasteiger partial charge in [0.2, 0.25) is 0 Å². The number of hydrogen-bond donors (Lipinski definition) is 2. The van der Waals surface area contributed by atoms with Crippen LogP contribution in [0.1, 0.15) is 12.8 Å². The van der Waals surface area contributed by atoms with Gasteiger partial charge in [-0.05, 0) is 35.4 Å². The van der Waals surface area contributed by atoms with Crippen LogP contribution in [0.2, 0.25) is 0 Å². The molecule has 2 aromatic rings. The summed E-state index contributed by atoms with van der Waals surface area (Å²) in [4.78, 5) is 19.1. The van der Waals surface area contributed by atoms with Crippen molar-refractivity contribution >= 4 is 45.5 Å². The van der Waals surface area contributed by atoms with Gasteiger partial charge in [-0.3, -0.25) is 0 Å². The van der Waals surface area contributed by atoms with E-state index >= 15 is 0 Å². The van der Waals surface area contributed by atoms with Gasteiger partial charge in [0, 0.05) is 13.6 Å². The molecule has 9 heteroatoms. The van der Waals surface area contributed by atoms with E-state index in [0.29, 0.717) is 19.0 Å². The van der Waals surface area contributed by atoms with Crippen LogP contribution in [0.15, 0.2) is 6.33 Å². The first-order chi connectivity index (χ1) is 9.63. The summed E-state index contributed by atoms with van der Waals surface area (Å²) < 4.78 is 7.50. The lowest BCUT2D eigenvalue weighted by Crippen LogP contribution is -2.19. The molecule has 0 fully saturated rings. The predicted octanol–water partition coefficient (Wildman–Crippen LogP) is 1.15. The molecule has 2 heterocycles. The van der Waals surface area contributed by atoms with E-state index in [-0.39, 0.29) is 0 Å². The molecule has 3 N–H and O–H groups in total. The molecule has 0 aliphatic carbocycles. The third-order valence-electron chi connectivity index (χ3n) is 2.72. The first kappa shape index (κ1) is 14.8. The molecule has 2 rings (SSSR count). The summed E-state index contributed by atoms with van der Waals surface area (Å²) in [5, 5.41) is 7.58. The van der Waals surface area contributed by atoms with Gasteiger partial charge in [-0.1, -0.05) is 0 Å². The number of alkyl carbamates (subject to hydrolysis) is 1. The second-order valence-electron chi connectivity index (χ2n) is 4.06. The molecule has 0 aliphatic heterocycles. The molecule has 0 atom stereocenters. The highest BCUT2D eigenvalue weighted by atomic mass is 127. The molecule has 8 nitrogen and oxygen atoms in total. The van der Waals surface area contributed by atoms with E-state index in [4.69, 9.17) is 10.5 Å². The number of aryl methyl sites for hydroxylation is 1. The summed E-state index contributed by atoms with van der Waals surface area (Å²) in [6.45, 7) is 1.07. The van der Waals surface area contributed by atoms with Crippen molar-refractivity contribution in [3.05, 3.63) is 10.0 Å². The van der Waals surface area contributed by atoms with E-state index in [1.54, 1.807) is 4.68 Å². The largest absolute Gasteiger partial charge is 0.450 e. The second kappa shape index (κ2) is 6.68. The molecular formula is C11H15IN6O2. The molecule has 0 aromatic carbocycles. The molecule has 0 radical (unpaired) electrons. The van der Waals surface area contributed by atoms with Gasteiger partial charge in [-0.25, -0.2) is 19.4 Å². The molecule has 0 unspecified atom stereocenters. The Kier molecular flexibility index (Phi) is 4.93.